The third-order valence-electron chi connectivity index (χ3n) is 4.52. The fraction of sp³-hybridized carbons (Fsp3) is 0.286. The molecule has 156 valence electrons. The third kappa shape index (κ3) is 4.73. The number of benzene rings is 2. The van der Waals surface area contributed by atoms with Crippen LogP contribution < -0.4 is 9.47 Å². The van der Waals surface area contributed by atoms with Crippen LogP contribution in [0.25, 0.3) is 0 Å². The van der Waals surface area contributed by atoms with Gasteiger partial charge in [0.05, 0.1) is 5.75 Å². The van der Waals surface area contributed by atoms with Crippen LogP contribution in [-0.4, -0.2) is 39.9 Å². The number of ether oxygens (including phenoxy) is 2. The van der Waals surface area contributed by atoms with Crippen molar-refractivity contribution in [3.8, 4) is 11.5 Å². The molecule has 0 fully saturated rings. The summed E-state index contributed by atoms with van der Waals surface area (Å²) >= 11 is 1.15. The Balaban J connectivity index is 1.33. The minimum absolute atomic E-state index is 0.0994. The largest absolute Gasteiger partial charge is 0.485 e. The maximum atomic E-state index is 13.4. The van der Waals surface area contributed by atoms with Crippen molar-refractivity contribution >= 4 is 17.7 Å². The van der Waals surface area contributed by atoms with Crippen LogP contribution >= 0.6 is 11.8 Å². The number of thioether (sulfide) groups is 1. The number of halogens is 1. The van der Waals surface area contributed by atoms with Crippen LogP contribution in [-0.2, 0) is 11.3 Å². The highest BCUT2D eigenvalue weighted by Crippen LogP contribution is 2.35. The lowest BCUT2D eigenvalue weighted by atomic mass is 10.2. The Morgan fingerprint density at radius 3 is 2.83 bits per heavy atom. The minimum atomic E-state index is -0.502. The van der Waals surface area contributed by atoms with Crippen molar-refractivity contribution in [2.45, 2.75) is 24.8 Å². The standard InChI is InChI=1S/C21H20FN3O4S/c1-2-25(11-14-6-5-7-15(22)10-14)19(26)13-30-21-24-23-20(29-21)18-12-27-16-8-3-4-9-17(16)28-18/h3-10,18H,2,11-13H2,1H3. The summed E-state index contributed by atoms with van der Waals surface area (Å²) in [6.45, 7) is 3.00. The summed E-state index contributed by atoms with van der Waals surface area (Å²) in [5, 5.41) is 8.29. The van der Waals surface area contributed by atoms with Crippen LogP contribution in [0.4, 0.5) is 4.39 Å². The zero-order valence-electron chi connectivity index (χ0n) is 16.3. The Kier molecular flexibility index (Phi) is 6.18. The number of aromatic nitrogens is 2. The first-order valence-electron chi connectivity index (χ1n) is 9.49. The van der Waals surface area contributed by atoms with E-state index in [-0.39, 0.29) is 29.3 Å². The van der Waals surface area contributed by atoms with Gasteiger partial charge in [0.1, 0.15) is 12.4 Å². The van der Waals surface area contributed by atoms with Gasteiger partial charge in [-0.25, -0.2) is 4.39 Å². The highest BCUT2D eigenvalue weighted by atomic mass is 32.2. The van der Waals surface area contributed by atoms with Crippen molar-refractivity contribution in [2.75, 3.05) is 18.9 Å². The van der Waals surface area contributed by atoms with E-state index in [9.17, 15) is 9.18 Å². The van der Waals surface area contributed by atoms with E-state index >= 15 is 0 Å². The molecule has 0 saturated heterocycles. The van der Waals surface area contributed by atoms with Gasteiger partial charge in [-0.2, -0.15) is 0 Å². The number of nitrogens with zero attached hydrogens (tertiary/aromatic N) is 3. The van der Waals surface area contributed by atoms with E-state index in [0.717, 1.165) is 17.3 Å². The Morgan fingerprint density at radius 1 is 1.20 bits per heavy atom. The summed E-state index contributed by atoms with van der Waals surface area (Å²) in [4.78, 5) is 14.2. The van der Waals surface area contributed by atoms with Crippen molar-refractivity contribution in [1.82, 2.24) is 15.1 Å². The van der Waals surface area contributed by atoms with Gasteiger partial charge in [0.25, 0.3) is 11.1 Å². The average Bonchev–Trinajstić information content (AvgIpc) is 3.24. The van der Waals surface area contributed by atoms with E-state index in [1.807, 2.05) is 31.2 Å². The number of amides is 1. The second kappa shape index (κ2) is 9.17. The Bertz CT molecular complexity index is 1030. The number of rotatable bonds is 7. The number of fused-ring (bicyclic) bond motifs is 1. The molecule has 0 bridgehead atoms. The molecule has 1 atom stereocenters. The Morgan fingerprint density at radius 2 is 2.03 bits per heavy atom. The van der Waals surface area contributed by atoms with Crippen LogP contribution in [0.15, 0.2) is 58.2 Å². The molecule has 0 radical (unpaired) electrons. The van der Waals surface area contributed by atoms with E-state index in [1.54, 1.807) is 17.0 Å². The summed E-state index contributed by atoms with van der Waals surface area (Å²) in [6.07, 6.45) is -0.502. The van der Waals surface area contributed by atoms with Crippen LogP contribution in [0.1, 0.15) is 24.5 Å². The second-order valence-corrected chi connectivity index (χ2v) is 7.52. The van der Waals surface area contributed by atoms with Gasteiger partial charge in [-0.15, -0.1) is 10.2 Å². The molecule has 1 amide bonds. The number of carbonyl (C=O) groups excluding carboxylic acids is 1. The summed E-state index contributed by atoms with van der Waals surface area (Å²) in [5.74, 6) is 1.30. The highest BCUT2D eigenvalue weighted by molar-refractivity contribution is 7.99. The fourth-order valence-corrected chi connectivity index (χ4v) is 3.67. The van der Waals surface area contributed by atoms with Gasteiger partial charge in [0.2, 0.25) is 12.0 Å². The monoisotopic (exact) mass is 429 g/mol. The molecule has 9 heteroatoms. The molecule has 0 N–H and O–H groups in total. The van der Waals surface area contributed by atoms with Crippen molar-refractivity contribution < 1.29 is 23.1 Å². The first kappa shape index (κ1) is 20.2. The van der Waals surface area contributed by atoms with Gasteiger partial charge < -0.3 is 18.8 Å². The molecular formula is C21H20FN3O4S. The van der Waals surface area contributed by atoms with Crippen LogP contribution in [0.5, 0.6) is 11.5 Å². The van der Waals surface area contributed by atoms with E-state index in [0.29, 0.717) is 30.5 Å². The van der Waals surface area contributed by atoms with Crippen LogP contribution in [0.2, 0.25) is 0 Å². The summed E-state index contributed by atoms with van der Waals surface area (Å²) in [7, 11) is 0. The smallest absolute Gasteiger partial charge is 0.277 e. The molecule has 1 aliphatic rings. The van der Waals surface area contributed by atoms with Gasteiger partial charge in [0.15, 0.2) is 11.5 Å². The molecule has 7 nitrogen and oxygen atoms in total. The zero-order valence-corrected chi connectivity index (χ0v) is 17.1. The number of hydrogen-bond acceptors (Lipinski definition) is 7. The van der Waals surface area contributed by atoms with E-state index in [1.165, 1.54) is 12.1 Å². The predicted octanol–water partition coefficient (Wildman–Crippen LogP) is 3.86. The summed E-state index contributed by atoms with van der Waals surface area (Å²) < 4.78 is 30.5. The molecule has 4 rings (SSSR count). The normalized spacial score (nSPS) is 15.1. The van der Waals surface area contributed by atoms with Gasteiger partial charge in [-0.05, 0) is 36.8 Å². The molecule has 1 aromatic heterocycles. The molecule has 2 aromatic carbocycles. The fourth-order valence-electron chi connectivity index (χ4n) is 3.00. The Hall–Kier alpha value is -3.07. The minimum Gasteiger partial charge on any atom is -0.485 e. The lowest BCUT2D eigenvalue weighted by Crippen LogP contribution is -2.31. The van der Waals surface area contributed by atoms with Crippen molar-refractivity contribution in [3.05, 3.63) is 65.8 Å². The lowest BCUT2D eigenvalue weighted by molar-refractivity contribution is -0.128. The third-order valence-corrected chi connectivity index (χ3v) is 5.33. The van der Waals surface area contributed by atoms with Crippen LogP contribution in [0.3, 0.4) is 0 Å². The molecule has 2 heterocycles. The van der Waals surface area contributed by atoms with Gasteiger partial charge in [-0.3, -0.25) is 4.79 Å². The lowest BCUT2D eigenvalue weighted by Gasteiger charge is -2.23. The first-order valence-corrected chi connectivity index (χ1v) is 10.5. The van der Waals surface area contributed by atoms with Gasteiger partial charge in [-0.1, -0.05) is 36.0 Å². The van der Waals surface area contributed by atoms with Crippen LogP contribution in [0, 0.1) is 5.82 Å². The topological polar surface area (TPSA) is 77.7 Å². The van der Waals surface area contributed by atoms with E-state index < -0.39 is 6.10 Å². The quantitative estimate of drug-likeness (QED) is 0.528. The average molecular weight is 429 g/mol. The molecule has 0 saturated carbocycles. The Labute approximate surface area is 177 Å². The molecule has 1 unspecified atom stereocenters. The maximum Gasteiger partial charge on any atom is 0.277 e. The zero-order chi connectivity index (χ0) is 20.9. The molecule has 1 aliphatic heterocycles. The second-order valence-electron chi connectivity index (χ2n) is 6.60. The van der Waals surface area contributed by atoms with Crippen molar-refractivity contribution in [2.24, 2.45) is 0 Å². The molecule has 0 spiro atoms. The first-order chi connectivity index (χ1) is 14.6. The van der Waals surface area contributed by atoms with Crippen molar-refractivity contribution in [3.63, 3.8) is 0 Å². The van der Waals surface area contributed by atoms with Gasteiger partial charge >= 0.3 is 0 Å². The SMILES string of the molecule is CCN(Cc1cccc(F)c1)C(=O)CSc1nnc(C2COc3ccccc3O2)o1. The molecule has 3 aromatic rings. The van der Waals surface area contributed by atoms with Crippen molar-refractivity contribution in [1.29, 1.82) is 0 Å². The summed E-state index contributed by atoms with van der Waals surface area (Å²) in [6, 6.07) is 13.6. The predicted molar refractivity (Wildman–Crippen MR) is 108 cm³/mol. The van der Waals surface area contributed by atoms with Gasteiger partial charge in [0, 0.05) is 13.1 Å². The molecular weight excluding hydrogens is 409 g/mol. The van der Waals surface area contributed by atoms with E-state index in [4.69, 9.17) is 13.9 Å². The number of carbonyl (C=O) groups is 1. The summed E-state index contributed by atoms with van der Waals surface area (Å²) in [5.41, 5.74) is 0.741. The molecule has 0 aliphatic carbocycles. The molecule has 30 heavy (non-hydrogen) atoms. The number of hydrogen-bond donors (Lipinski definition) is 0. The maximum absolute atomic E-state index is 13.4. The number of para-hydroxylation sites is 2. The van der Waals surface area contributed by atoms with E-state index in [2.05, 4.69) is 10.2 Å². The highest BCUT2D eigenvalue weighted by Gasteiger charge is 2.27.